The molecule has 2 aromatic carbocycles. The zero-order valence-electron chi connectivity index (χ0n) is 18.5. The van der Waals surface area contributed by atoms with Gasteiger partial charge in [-0.05, 0) is 70.5 Å². The molecule has 0 bridgehead atoms. The molecule has 0 saturated carbocycles. The van der Waals surface area contributed by atoms with Crippen molar-refractivity contribution in [2.24, 2.45) is 0 Å². The van der Waals surface area contributed by atoms with Gasteiger partial charge < -0.3 is 9.84 Å². The molecular formula is C26H34O3. The van der Waals surface area contributed by atoms with Crippen LogP contribution in [-0.4, -0.2) is 17.7 Å². The molecule has 0 amide bonds. The predicted molar refractivity (Wildman–Crippen MR) is 118 cm³/mol. The molecule has 0 radical (unpaired) electrons. The SMILES string of the molecule is CCCCOc1cc2c(cc1Cc1ccc(C(=O)O)cc1)C(C)(C)CCC2(C)C. The highest BCUT2D eigenvalue weighted by Crippen LogP contribution is 2.48. The van der Waals surface area contributed by atoms with Gasteiger partial charge in [-0.2, -0.15) is 0 Å². The third kappa shape index (κ3) is 4.66. The van der Waals surface area contributed by atoms with Gasteiger partial charge in [0.1, 0.15) is 5.75 Å². The van der Waals surface area contributed by atoms with Crippen molar-refractivity contribution in [1.29, 1.82) is 0 Å². The largest absolute Gasteiger partial charge is 0.493 e. The second-order valence-corrected chi connectivity index (χ2v) is 9.65. The van der Waals surface area contributed by atoms with Crippen LogP contribution in [0.25, 0.3) is 0 Å². The first kappa shape index (κ1) is 21.4. The zero-order chi connectivity index (χ0) is 21.2. The van der Waals surface area contributed by atoms with Crippen LogP contribution in [0.15, 0.2) is 36.4 Å². The molecule has 1 aliphatic carbocycles. The Kier molecular flexibility index (Phi) is 6.07. The fourth-order valence-electron chi connectivity index (χ4n) is 4.22. The van der Waals surface area contributed by atoms with E-state index in [1.165, 1.54) is 29.5 Å². The van der Waals surface area contributed by atoms with Gasteiger partial charge >= 0.3 is 5.97 Å². The minimum absolute atomic E-state index is 0.148. The molecule has 3 rings (SSSR count). The molecule has 3 heteroatoms. The van der Waals surface area contributed by atoms with E-state index in [9.17, 15) is 4.79 Å². The molecule has 0 heterocycles. The van der Waals surface area contributed by atoms with Gasteiger partial charge in [-0.15, -0.1) is 0 Å². The van der Waals surface area contributed by atoms with Crippen molar-refractivity contribution >= 4 is 5.97 Å². The number of aromatic carboxylic acids is 1. The summed E-state index contributed by atoms with van der Waals surface area (Å²) in [5.74, 6) is 0.0863. The van der Waals surface area contributed by atoms with Crippen molar-refractivity contribution in [3.8, 4) is 5.75 Å². The van der Waals surface area contributed by atoms with E-state index >= 15 is 0 Å². The summed E-state index contributed by atoms with van der Waals surface area (Å²) in [5, 5.41) is 9.15. The number of hydrogen-bond donors (Lipinski definition) is 1. The molecule has 0 spiro atoms. The summed E-state index contributed by atoms with van der Waals surface area (Å²) in [4.78, 5) is 11.1. The van der Waals surface area contributed by atoms with Crippen molar-refractivity contribution in [2.75, 3.05) is 6.61 Å². The van der Waals surface area contributed by atoms with Gasteiger partial charge in [0.25, 0.3) is 0 Å². The Morgan fingerprint density at radius 3 is 2.14 bits per heavy atom. The number of hydrogen-bond acceptors (Lipinski definition) is 2. The molecule has 0 atom stereocenters. The topological polar surface area (TPSA) is 46.5 Å². The maximum Gasteiger partial charge on any atom is 0.335 e. The summed E-state index contributed by atoms with van der Waals surface area (Å²) in [6.45, 7) is 12.2. The number of ether oxygens (including phenoxy) is 1. The van der Waals surface area contributed by atoms with E-state index in [1.54, 1.807) is 12.1 Å². The Labute approximate surface area is 175 Å². The number of rotatable bonds is 7. The van der Waals surface area contributed by atoms with E-state index in [0.29, 0.717) is 5.56 Å². The van der Waals surface area contributed by atoms with Gasteiger partial charge in [0.2, 0.25) is 0 Å². The van der Waals surface area contributed by atoms with Crippen LogP contribution in [0.4, 0.5) is 0 Å². The first-order valence-electron chi connectivity index (χ1n) is 10.8. The lowest BCUT2D eigenvalue weighted by Crippen LogP contribution is -2.34. The van der Waals surface area contributed by atoms with Gasteiger partial charge in [0.15, 0.2) is 0 Å². The van der Waals surface area contributed by atoms with Crippen LogP contribution in [-0.2, 0) is 17.3 Å². The third-order valence-electron chi connectivity index (χ3n) is 6.38. The van der Waals surface area contributed by atoms with Crippen molar-refractivity contribution < 1.29 is 14.6 Å². The summed E-state index contributed by atoms with van der Waals surface area (Å²) in [5.41, 5.74) is 5.74. The third-order valence-corrected chi connectivity index (χ3v) is 6.38. The molecule has 2 aromatic rings. The first-order valence-corrected chi connectivity index (χ1v) is 10.8. The van der Waals surface area contributed by atoms with E-state index in [1.807, 2.05) is 12.1 Å². The minimum Gasteiger partial charge on any atom is -0.493 e. The lowest BCUT2D eigenvalue weighted by atomic mass is 9.63. The highest BCUT2D eigenvalue weighted by atomic mass is 16.5. The summed E-state index contributed by atoms with van der Waals surface area (Å²) < 4.78 is 6.25. The second kappa shape index (κ2) is 8.22. The summed E-state index contributed by atoms with van der Waals surface area (Å²) in [6, 6.07) is 11.8. The molecule has 0 fully saturated rings. The van der Waals surface area contributed by atoms with E-state index < -0.39 is 5.97 Å². The number of carbonyl (C=O) groups is 1. The maximum atomic E-state index is 11.1. The molecule has 29 heavy (non-hydrogen) atoms. The van der Waals surface area contributed by atoms with Crippen molar-refractivity contribution in [2.45, 2.75) is 77.6 Å². The smallest absolute Gasteiger partial charge is 0.335 e. The zero-order valence-corrected chi connectivity index (χ0v) is 18.5. The Morgan fingerprint density at radius 2 is 1.59 bits per heavy atom. The lowest BCUT2D eigenvalue weighted by molar-refractivity contribution is 0.0697. The van der Waals surface area contributed by atoms with Crippen LogP contribution in [0, 0.1) is 0 Å². The van der Waals surface area contributed by atoms with Crippen LogP contribution in [0.3, 0.4) is 0 Å². The van der Waals surface area contributed by atoms with Crippen LogP contribution in [0.1, 0.15) is 92.9 Å². The fourth-order valence-corrected chi connectivity index (χ4v) is 4.22. The standard InChI is InChI=1S/C26H34O3/c1-6-7-14-29-23-17-22-21(25(2,3)12-13-26(22,4)5)16-20(23)15-18-8-10-19(11-9-18)24(27)28/h8-11,16-17H,6-7,12-15H2,1-5H3,(H,27,28). The van der Waals surface area contributed by atoms with Gasteiger partial charge in [0.05, 0.1) is 12.2 Å². The normalized spacial score (nSPS) is 16.9. The van der Waals surface area contributed by atoms with E-state index in [-0.39, 0.29) is 10.8 Å². The van der Waals surface area contributed by atoms with Crippen LogP contribution in [0.5, 0.6) is 5.75 Å². The van der Waals surface area contributed by atoms with Gasteiger partial charge in [0, 0.05) is 6.42 Å². The van der Waals surface area contributed by atoms with Crippen molar-refractivity contribution in [3.05, 3.63) is 64.2 Å². The van der Waals surface area contributed by atoms with Crippen molar-refractivity contribution in [3.63, 3.8) is 0 Å². The van der Waals surface area contributed by atoms with Gasteiger partial charge in [-0.1, -0.05) is 59.2 Å². The van der Waals surface area contributed by atoms with Crippen LogP contribution in [0.2, 0.25) is 0 Å². The molecule has 3 nitrogen and oxygen atoms in total. The lowest BCUT2D eigenvalue weighted by Gasteiger charge is -2.42. The number of benzene rings is 2. The van der Waals surface area contributed by atoms with Crippen molar-refractivity contribution in [1.82, 2.24) is 0 Å². The Morgan fingerprint density at radius 1 is 1.00 bits per heavy atom. The molecule has 1 N–H and O–H groups in total. The Hall–Kier alpha value is -2.29. The van der Waals surface area contributed by atoms with Crippen LogP contribution < -0.4 is 4.74 Å². The first-order chi connectivity index (χ1) is 13.6. The summed E-state index contributed by atoms with van der Waals surface area (Å²) in [7, 11) is 0. The molecular weight excluding hydrogens is 360 g/mol. The molecule has 0 saturated heterocycles. The summed E-state index contributed by atoms with van der Waals surface area (Å²) >= 11 is 0. The predicted octanol–water partition coefficient (Wildman–Crippen LogP) is 6.50. The average molecular weight is 395 g/mol. The minimum atomic E-state index is -0.891. The highest BCUT2D eigenvalue weighted by Gasteiger charge is 2.37. The number of carboxylic acid groups (broad SMARTS) is 1. The highest BCUT2D eigenvalue weighted by molar-refractivity contribution is 5.87. The molecule has 0 aliphatic heterocycles. The maximum absolute atomic E-state index is 11.1. The molecule has 1 aliphatic rings. The summed E-state index contributed by atoms with van der Waals surface area (Å²) in [6.07, 6.45) is 5.24. The Balaban J connectivity index is 2.02. The van der Waals surface area contributed by atoms with E-state index in [0.717, 1.165) is 37.2 Å². The molecule has 0 unspecified atom stereocenters. The number of unbranched alkanes of at least 4 members (excludes halogenated alkanes) is 1. The quantitative estimate of drug-likeness (QED) is 0.545. The fraction of sp³-hybridized carbons (Fsp3) is 0.500. The van der Waals surface area contributed by atoms with E-state index in [4.69, 9.17) is 9.84 Å². The monoisotopic (exact) mass is 394 g/mol. The van der Waals surface area contributed by atoms with Gasteiger partial charge in [-0.25, -0.2) is 4.79 Å². The Bertz CT molecular complexity index is 876. The van der Waals surface area contributed by atoms with Crippen LogP contribution >= 0.6 is 0 Å². The number of carboxylic acids is 1. The molecule has 156 valence electrons. The van der Waals surface area contributed by atoms with Gasteiger partial charge in [-0.3, -0.25) is 0 Å². The second-order valence-electron chi connectivity index (χ2n) is 9.65. The van der Waals surface area contributed by atoms with E-state index in [2.05, 4.69) is 46.8 Å². The molecule has 0 aromatic heterocycles. The number of fused-ring (bicyclic) bond motifs is 1. The average Bonchev–Trinajstić information content (AvgIpc) is 2.67.